The van der Waals surface area contributed by atoms with Crippen LogP contribution in [0.1, 0.15) is 13.8 Å². The maximum Gasteiger partial charge on any atom is 0.300 e. The van der Waals surface area contributed by atoms with Crippen molar-refractivity contribution in [2.24, 2.45) is 9.98 Å². The van der Waals surface area contributed by atoms with Crippen LogP contribution in [0.5, 0.6) is 23.0 Å². The summed E-state index contributed by atoms with van der Waals surface area (Å²) in [5, 5.41) is 13.7. The van der Waals surface area contributed by atoms with Crippen LogP contribution >= 0.6 is 46.4 Å². The quantitative estimate of drug-likeness (QED) is 0.0414. The first-order valence-corrected chi connectivity index (χ1v) is 33.2. The maximum atomic E-state index is 13.1. The highest BCUT2D eigenvalue weighted by Crippen LogP contribution is 2.49. The first-order valence-electron chi connectivity index (χ1n) is 23.0. The fourth-order valence-corrected chi connectivity index (χ4v) is 12.7. The van der Waals surface area contributed by atoms with Gasteiger partial charge >= 0.3 is 0 Å². The average molecular weight is 1390 g/mol. The minimum Gasteiger partial charge on any atom is -0.450 e. The molecule has 0 amide bonds. The lowest BCUT2D eigenvalue weighted by Crippen LogP contribution is -2.27. The summed E-state index contributed by atoms with van der Waals surface area (Å²) in [7, 11) is -30.2. The van der Waals surface area contributed by atoms with Crippen molar-refractivity contribution in [3.05, 3.63) is 92.0 Å². The Bertz CT molecular complexity index is 4610. The molecule has 7 aromatic rings. The van der Waals surface area contributed by atoms with Crippen LogP contribution in [0, 0.1) is 0 Å². The number of hydrogen-bond acceptors (Lipinski definition) is 28. The normalized spacial score (nSPS) is 13.8. The van der Waals surface area contributed by atoms with Gasteiger partial charge in [0, 0.05) is 25.2 Å². The van der Waals surface area contributed by atoms with Crippen molar-refractivity contribution < 1.29 is 87.3 Å². The second kappa shape index (κ2) is 23.1. The number of anilines is 8. The first kappa shape index (κ1) is 63.2. The van der Waals surface area contributed by atoms with E-state index in [9.17, 15) is 77.8 Å². The zero-order valence-electron chi connectivity index (χ0n) is 42.3. The van der Waals surface area contributed by atoms with Crippen LogP contribution < -0.4 is 52.1 Å². The van der Waals surface area contributed by atoms with Gasteiger partial charge in [0.15, 0.2) is 32.8 Å². The Kier molecular flexibility index (Phi) is 17.0. The molecule has 44 heteroatoms. The third-order valence-corrected chi connectivity index (χ3v) is 17.9. The van der Waals surface area contributed by atoms with Gasteiger partial charge < -0.3 is 41.4 Å². The fraction of sp³-hybridized carbons (Fsp3) is 0.143. The van der Waals surface area contributed by atoms with E-state index >= 15 is 0 Å². The van der Waals surface area contributed by atoms with Crippen molar-refractivity contribution >= 4 is 165 Å². The van der Waals surface area contributed by atoms with E-state index in [2.05, 4.69) is 71.8 Å². The zero-order valence-corrected chi connectivity index (χ0v) is 50.2. The van der Waals surface area contributed by atoms with Gasteiger partial charge in [-0.2, -0.15) is 80.4 Å². The molecule has 5 aromatic carbocycles. The fourth-order valence-electron chi connectivity index (χ4n) is 7.96. The van der Waals surface area contributed by atoms with Crippen LogP contribution in [-0.2, 0) is 60.7 Å². The van der Waals surface area contributed by atoms with Crippen LogP contribution in [0.15, 0.2) is 100 Å². The van der Waals surface area contributed by atoms with Gasteiger partial charge in [-0.05, 0) is 97.7 Å². The summed E-state index contributed by atoms with van der Waals surface area (Å²) in [5.74, 6) is -3.49. The summed E-state index contributed by atoms with van der Waals surface area (Å²) >= 11 is 25.9. The van der Waals surface area contributed by atoms with Gasteiger partial charge in [-0.1, -0.05) is 23.2 Å². The molecule has 456 valence electrons. The molecule has 34 nitrogen and oxygen atoms in total. The number of benzene rings is 5. The minimum absolute atomic E-state index is 0.205. The summed E-state index contributed by atoms with van der Waals surface area (Å²) in [6, 6.07) is 7.47. The van der Waals surface area contributed by atoms with Crippen molar-refractivity contribution in [3.63, 3.8) is 0 Å². The zero-order chi connectivity index (χ0) is 63.0. The van der Waals surface area contributed by atoms with Crippen LogP contribution in [-0.4, -0.2) is 133 Å². The number of ether oxygens (including phenoxy) is 2. The molecule has 9 rings (SSSR count). The monoisotopic (exact) mass is 1390 g/mol. The molecule has 0 spiro atoms. The molecule has 2 aliphatic rings. The number of nitrogens with one attached hydrogen (secondary N) is 6. The number of halogens is 4. The molecule has 2 aliphatic heterocycles. The van der Waals surface area contributed by atoms with Crippen LogP contribution in [0.25, 0.3) is 0 Å². The van der Waals surface area contributed by atoms with Crippen LogP contribution in [0.3, 0.4) is 0 Å². The molecule has 2 aromatic heterocycles. The van der Waals surface area contributed by atoms with E-state index < -0.39 is 169 Å². The van der Waals surface area contributed by atoms with Crippen LogP contribution in [0.2, 0.25) is 20.6 Å². The second-order valence-electron chi connectivity index (χ2n) is 17.8. The van der Waals surface area contributed by atoms with Crippen LogP contribution in [0.4, 0.5) is 57.9 Å². The smallest absolute Gasteiger partial charge is 0.300 e. The molecule has 4 heterocycles. The molecular formula is C42H34Cl4N14O20S6. The highest BCUT2D eigenvalue weighted by atomic mass is 35.5. The summed E-state index contributed by atoms with van der Waals surface area (Å²) < 4.78 is 220. The largest absolute Gasteiger partial charge is 0.450 e. The highest BCUT2D eigenvalue weighted by molar-refractivity contribution is 7.87. The Balaban J connectivity index is 0.940. The van der Waals surface area contributed by atoms with E-state index in [4.69, 9.17) is 55.9 Å². The molecule has 86 heavy (non-hydrogen) atoms. The number of aromatic nitrogens is 6. The van der Waals surface area contributed by atoms with Crippen molar-refractivity contribution in [2.75, 3.05) is 45.0 Å². The minimum atomic E-state index is -5.22. The Labute approximate surface area is 504 Å². The molecule has 0 radical (unpaired) electrons. The third kappa shape index (κ3) is 13.8. The maximum absolute atomic E-state index is 13.1. The van der Waals surface area contributed by atoms with E-state index in [1.165, 1.54) is 38.1 Å². The van der Waals surface area contributed by atoms with E-state index in [1.807, 2.05) is 0 Å². The summed E-state index contributed by atoms with van der Waals surface area (Å²) in [5.41, 5.74) is -2.21. The topological polar surface area (TPSA) is 519 Å². The summed E-state index contributed by atoms with van der Waals surface area (Å²) in [6.45, 7) is 2.67. The van der Waals surface area contributed by atoms with Crippen molar-refractivity contribution in [2.45, 2.75) is 55.3 Å². The molecule has 2 atom stereocenters. The van der Waals surface area contributed by atoms with Crippen molar-refractivity contribution in [3.8, 4) is 23.0 Å². The lowest BCUT2D eigenvalue weighted by Gasteiger charge is -2.24. The molecule has 0 saturated carbocycles. The van der Waals surface area contributed by atoms with Crippen molar-refractivity contribution in [1.82, 2.24) is 29.9 Å². The predicted molar refractivity (Wildman–Crippen MR) is 302 cm³/mol. The Morgan fingerprint density at radius 3 is 1.10 bits per heavy atom. The number of fused-ring (bicyclic) bond motifs is 4. The SMILES string of the molecule is CC(CNc1ccc2c(c1S(=O)(=O)O)Oc1c(Cl)c3c(c(Cl)c1=N2)Oc1c(ccc(NCC(C)Nc2nc(Cl)nc(Nc4cc(S(=O)(=O)O)ccc4S(=O)(=O)O)n2)c1S(=O)(=O)O)N=3)Nc1nc(Cl)nc(Nc2cc(S(=O)(=O)O)ccc2S(=O)(=O)O)n1. The summed E-state index contributed by atoms with van der Waals surface area (Å²) in [6.07, 6.45) is 0. The number of nitrogens with zero attached hydrogens (tertiary/aromatic N) is 8. The standard InChI is InChI=1S/C42H34Cl4N14O20S6/c1-15(49-39-55-37(45)57-41(59-39)53-23-11-17(81(61,62)63)3-9-25(23)83(67,68)69)13-47-21-7-5-19-31(35(21)85(73,74)75)79-33-27(43)30-34(28(44)29(33)51-19)80-32-20(52-30)6-8-22(36(32)86(76,77)78)48-14-16(2)50-40-56-38(46)58-42(60-40)54-24-12-18(82(64,65)66)4-10-26(24)84(70,71)72/h3-12,15-16,47-48H,13-14H2,1-2H3,(H,61,62,63)(H,64,65,66)(H,67,68,69)(H,70,71,72)(H,73,74,75)(H,76,77,78)(H2,49,53,55,57,59)(H2,50,54,56,58,60). The highest BCUT2D eigenvalue weighted by Gasteiger charge is 2.35. The van der Waals surface area contributed by atoms with E-state index in [0.29, 0.717) is 36.4 Å². The van der Waals surface area contributed by atoms with Crippen molar-refractivity contribution in [1.29, 1.82) is 0 Å². The predicted octanol–water partition coefficient (Wildman–Crippen LogP) is 5.58. The Morgan fingerprint density at radius 1 is 0.430 bits per heavy atom. The molecule has 0 fully saturated rings. The lowest BCUT2D eigenvalue weighted by molar-refractivity contribution is 0.428. The van der Waals surface area contributed by atoms with Gasteiger partial charge in [0.1, 0.15) is 41.9 Å². The van der Waals surface area contributed by atoms with Gasteiger partial charge in [-0.25, -0.2) is 9.98 Å². The Hall–Kier alpha value is -7.26. The second-order valence-corrected chi connectivity index (χ2v) is 27.5. The summed E-state index contributed by atoms with van der Waals surface area (Å²) in [4.78, 5) is 27.6. The van der Waals surface area contributed by atoms with E-state index in [0.717, 1.165) is 0 Å². The third-order valence-electron chi connectivity index (χ3n) is 11.5. The molecule has 0 saturated heterocycles. The number of hydrogen-bond donors (Lipinski definition) is 12. The molecule has 2 unspecified atom stereocenters. The molecule has 12 N–H and O–H groups in total. The van der Waals surface area contributed by atoms with Gasteiger partial charge in [0.2, 0.25) is 34.4 Å². The molecule has 0 aliphatic carbocycles. The average Bonchev–Trinajstić information content (AvgIpc) is 0.740. The van der Waals surface area contributed by atoms with E-state index in [1.54, 1.807) is 0 Å². The lowest BCUT2D eigenvalue weighted by atomic mass is 10.2. The first-order chi connectivity index (χ1) is 39.8. The van der Waals surface area contributed by atoms with Gasteiger partial charge in [-0.3, -0.25) is 27.3 Å². The van der Waals surface area contributed by atoms with E-state index in [-0.39, 0.29) is 58.5 Å². The van der Waals surface area contributed by atoms with Gasteiger partial charge in [-0.15, -0.1) is 0 Å². The molecule has 0 bridgehead atoms. The molecular weight excluding hydrogens is 1350 g/mol. The van der Waals surface area contributed by atoms with Gasteiger partial charge in [0.25, 0.3) is 60.7 Å². The number of rotatable bonds is 20. The Morgan fingerprint density at radius 2 is 0.779 bits per heavy atom. The van der Waals surface area contributed by atoms with Gasteiger partial charge in [0.05, 0.1) is 32.5 Å².